The van der Waals surface area contributed by atoms with Gasteiger partial charge >= 0.3 is 6.18 Å². The van der Waals surface area contributed by atoms with E-state index < -0.39 is 12.6 Å². The van der Waals surface area contributed by atoms with Crippen LogP contribution in [0.5, 0.6) is 0 Å². The fourth-order valence-electron chi connectivity index (χ4n) is 5.37. The largest absolute Gasteiger partial charge is 0.393 e. The van der Waals surface area contributed by atoms with Crippen LogP contribution in [0.4, 0.5) is 24.7 Å². The second kappa shape index (κ2) is 8.59. The van der Waals surface area contributed by atoms with Crippen LogP contribution in [0.3, 0.4) is 0 Å². The highest BCUT2D eigenvalue weighted by atomic mass is 32.1. The van der Waals surface area contributed by atoms with Gasteiger partial charge in [0.1, 0.15) is 17.0 Å². The van der Waals surface area contributed by atoms with Gasteiger partial charge in [-0.05, 0) is 61.6 Å². The molecule has 9 heteroatoms. The molecule has 1 spiro atoms. The summed E-state index contributed by atoms with van der Waals surface area (Å²) in [6.45, 7) is 5.92. The van der Waals surface area contributed by atoms with Crippen LogP contribution in [0.2, 0.25) is 0 Å². The fraction of sp³-hybridized carbons (Fsp3) is 0.458. The highest BCUT2D eigenvalue weighted by Gasteiger charge is 2.44. The third-order valence-corrected chi connectivity index (χ3v) is 7.81. The first-order chi connectivity index (χ1) is 15.8. The first kappa shape index (κ1) is 22.1. The van der Waals surface area contributed by atoms with Gasteiger partial charge in [0, 0.05) is 29.7 Å². The number of fused-ring (bicyclic) bond motifs is 1. The molecule has 5 nitrogen and oxygen atoms in total. The molecular formula is C24H26F3N5S. The minimum atomic E-state index is -4.22. The molecule has 2 unspecified atom stereocenters. The van der Waals surface area contributed by atoms with Crippen molar-refractivity contribution in [2.45, 2.75) is 50.9 Å². The molecule has 2 atom stereocenters. The molecule has 0 amide bonds. The van der Waals surface area contributed by atoms with E-state index in [0.717, 1.165) is 72.6 Å². The Labute approximate surface area is 194 Å². The van der Waals surface area contributed by atoms with Gasteiger partial charge in [-0.2, -0.15) is 13.2 Å². The van der Waals surface area contributed by atoms with E-state index in [-0.39, 0.29) is 10.3 Å². The lowest BCUT2D eigenvalue weighted by atomic mass is 9.85. The molecular weight excluding hydrogens is 447 g/mol. The quantitative estimate of drug-likeness (QED) is 0.456. The summed E-state index contributed by atoms with van der Waals surface area (Å²) in [5, 5.41) is 4.42. The molecule has 1 saturated heterocycles. The third kappa shape index (κ3) is 4.83. The van der Waals surface area contributed by atoms with E-state index >= 15 is 0 Å². The highest BCUT2D eigenvalue weighted by Crippen LogP contribution is 2.48. The first-order valence-corrected chi connectivity index (χ1v) is 12.0. The lowest BCUT2D eigenvalue weighted by Gasteiger charge is -2.25. The zero-order valence-corrected chi connectivity index (χ0v) is 19.1. The Balaban J connectivity index is 1.28. The normalized spacial score (nSPS) is 23.0. The van der Waals surface area contributed by atoms with Crippen molar-refractivity contribution >= 4 is 39.8 Å². The summed E-state index contributed by atoms with van der Waals surface area (Å²) in [5.74, 6) is 0.766. The molecule has 2 aliphatic rings. The van der Waals surface area contributed by atoms with Crippen LogP contribution >= 0.6 is 11.3 Å². The summed E-state index contributed by atoms with van der Waals surface area (Å²) in [5.41, 5.74) is 2.46. The van der Waals surface area contributed by atoms with Crippen molar-refractivity contribution in [3.63, 3.8) is 0 Å². The van der Waals surface area contributed by atoms with E-state index in [1.54, 1.807) is 6.07 Å². The number of hydrogen-bond donors (Lipinski definition) is 1. The average Bonchev–Trinajstić information content (AvgIpc) is 3.46. The van der Waals surface area contributed by atoms with Gasteiger partial charge in [0.15, 0.2) is 0 Å². The predicted molar refractivity (Wildman–Crippen MR) is 127 cm³/mol. The Morgan fingerprint density at radius 2 is 2.12 bits per heavy atom. The number of alkyl halides is 3. The van der Waals surface area contributed by atoms with Crippen LogP contribution in [0.15, 0.2) is 41.7 Å². The van der Waals surface area contributed by atoms with Crippen molar-refractivity contribution in [2.75, 3.05) is 23.3 Å². The fourth-order valence-corrected chi connectivity index (χ4v) is 6.39. The van der Waals surface area contributed by atoms with Gasteiger partial charge in [0.25, 0.3) is 0 Å². The minimum Gasteiger partial charge on any atom is -0.382 e. The molecule has 2 aromatic heterocycles. The van der Waals surface area contributed by atoms with Gasteiger partial charge in [0.2, 0.25) is 0 Å². The van der Waals surface area contributed by atoms with Crippen molar-refractivity contribution in [2.24, 2.45) is 10.4 Å². The predicted octanol–water partition coefficient (Wildman–Crippen LogP) is 5.86. The summed E-state index contributed by atoms with van der Waals surface area (Å²) in [7, 11) is 0. The lowest BCUT2D eigenvalue weighted by Crippen LogP contribution is -2.27. The number of anilines is 2. The summed E-state index contributed by atoms with van der Waals surface area (Å²) in [6, 6.07) is 10.3. The second-order valence-electron chi connectivity index (χ2n) is 9.26. The Kier molecular flexibility index (Phi) is 5.76. The SMILES string of the molecule is C=NCc1cccc(NC2CCC3(CCN(c4ncnc5sc(CC(F)(F)F)cc45)C3)C2)c1. The summed E-state index contributed by atoms with van der Waals surface area (Å²) in [4.78, 5) is 15.8. The van der Waals surface area contributed by atoms with E-state index in [9.17, 15) is 13.2 Å². The van der Waals surface area contributed by atoms with Crippen molar-refractivity contribution in [1.82, 2.24) is 9.97 Å². The van der Waals surface area contributed by atoms with Crippen LogP contribution in [-0.2, 0) is 13.0 Å². The smallest absolute Gasteiger partial charge is 0.382 e. The second-order valence-corrected chi connectivity index (χ2v) is 10.4. The summed E-state index contributed by atoms with van der Waals surface area (Å²) >= 11 is 1.11. The number of thiophene rings is 1. The van der Waals surface area contributed by atoms with Gasteiger partial charge in [-0.3, -0.25) is 4.99 Å². The van der Waals surface area contributed by atoms with Crippen LogP contribution in [-0.4, -0.2) is 42.0 Å². The third-order valence-electron chi connectivity index (χ3n) is 6.77. The van der Waals surface area contributed by atoms with Crippen LogP contribution in [0.1, 0.15) is 36.1 Å². The van der Waals surface area contributed by atoms with Crippen molar-refractivity contribution in [1.29, 1.82) is 0 Å². The molecule has 3 heterocycles. The average molecular weight is 474 g/mol. The molecule has 5 rings (SSSR count). The Morgan fingerprint density at radius 3 is 2.94 bits per heavy atom. The van der Waals surface area contributed by atoms with E-state index in [4.69, 9.17) is 0 Å². The maximum atomic E-state index is 12.9. The van der Waals surface area contributed by atoms with Gasteiger partial charge in [-0.1, -0.05) is 12.1 Å². The summed E-state index contributed by atoms with van der Waals surface area (Å²) in [6.07, 6.45) is 0.702. The molecule has 33 heavy (non-hydrogen) atoms. The van der Waals surface area contributed by atoms with E-state index in [0.29, 0.717) is 17.4 Å². The van der Waals surface area contributed by atoms with E-state index in [2.05, 4.69) is 50.1 Å². The summed E-state index contributed by atoms with van der Waals surface area (Å²) < 4.78 is 38.6. The molecule has 0 radical (unpaired) electrons. The number of nitrogens with zero attached hydrogens (tertiary/aromatic N) is 4. The van der Waals surface area contributed by atoms with Gasteiger partial charge in [-0.15, -0.1) is 11.3 Å². The number of aromatic nitrogens is 2. The molecule has 1 saturated carbocycles. The zero-order chi connectivity index (χ0) is 23.1. The van der Waals surface area contributed by atoms with E-state index in [1.807, 2.05) is 6.07 Å². The minimum absolute atomic E-state index is 0.208. The molecule has 1 aliphatic carbocycles. The number of nitrogens with one attached hydrogen (secondary N) is 1. The Hall–Kier alpha value is -2.68. The molecule has 1 aromatic carbocycles. The van der Waals surface area contributed by atoms with E-state index in [1.165, 1.54) is 6.33 Å². The molecule has 1 aliphatic heterocycles. The molecule has 3 aromatic rings. The monoisotopic (exact) mass is 473 g/mol. The number of rotatable bonds is 6. The van der Waals surface area contributed by atoms with Gasteiger partial charge in [0.05, 0.1) is 18.4 Å². The zero-order valence-electron chi connectivity index (χ0n) is 18.2. The van der Waals surface area contributed by atoms with Crippen LogP contribution in [0.25, 0.3) is 10.2 Å². The van der Waals surface area contributed by atoms with Crippen molar-refractivity contribution in [3.05, 3.63) is 47.1 Å². The lowest BCUT2D eigenvalue weighted by molar-refractivity contribution is -0.126. The Bertz CT molecular complexity index is 1160. The first-order valence-electron chi connectivity index (χ1n) is 11.2. The molecule has 1 N–H and O–H groups in total. The number of aliphatic imine (C=N–C) groups is 1. The molecule has 2 fully saturated rings. The topological polar surface area (TPSA) is 53.4 Å². The molecule has 174 valence electrons. The number of benzene rings is 1. The number of halogens is 3. The standard InChI is InChI=1S/C24H26F3N5S/c1-28-13-16-3-2-4-17(9-16)31-18-5-6-23(11-18)7-8-32(14-23)21-20-10-19(12-24(25,26)27)33-22(20)30-15-29-21/h2-4,9-10,15,18,31H,1,5-8,11-14H2. The van der Waals surface area contributed by atoms with Crippen LogP contribution < -0.4 is 10.2 Å². The maximum Gasteiger partial charge on any atom is 0.393 e. The highest BCUT2D eigenvalue weighted by molar-refractivity contribution is 7.18. The maximum absolute atomic E-state index is 12.9. The van der Waals surface area contributed by atoms with Crippen LogP contribution in [0, 0.1) is 5.41 Å². The Morgan fingerprint density at radius 1 is 1.24 bits per heavy atom. The van der Waals surface area contributed by atoms with Gasteiger partial charge in [-0.25, -0.2) is 9.97 Å². The molecule has 0 bridgehead atoms. The van der Waals surface area contributed by atoms with Crippen molar-refractivity contribution in [3.8, 4) is 0 Å². The van der Waals surface area contributed by atoms with Crippen molar-refractivity contribution < 1.29 is 13.2 Å². The van der Waals surface area contributed by atoms with Gasteiger partial charge < -0.3 is 10.2 Å². The number of hydrogen-bond acceptors (Lipinski definition) is 6.